The van der Waals surface area contributed by atoms with Crippen molar-refractivity contribution in [2.45, 2.75) is 26.8 Å². The fraction of sp³-hybridized carbons (Fsp3) is 0.600. The summed E-state index contributed by atoms with van der Waals surface area (Å²) in [5.74, 6) is 0. The molecule has 1 heterocycles. The second-order valence-corrected chi connectivity index (χ2v) is 4.17. The van der Waals surface area contributed by atoms with E-state index in [4.69, 9.17) is 17.0 Å². The van der Waals surface area contributed by atoms with Gasteiger partial charge in [0.2, 0.25) is 0 Å². The minimum atomic E-state index is 0.178. The van der Waals surface area contributed by atoms with Gasteiger partial charge in [0, 0.05) is 13.2 Å². The summed E-state index contributed by atoms with van der Waals surface area (Å²) in [4.78, 5) is 0. The molecule has 0 aliphatic heterocycles. The molecule has 1 unspecified atom stereocenters. The maximum atomic E-state index is 5.19. The van der Waals surface area contributed by atoms with Crippen LogP contribution in [0.4, 0.5) is 5.69 Å². The lowest BCUT2D eigenvalue weighted by Crippen LogP contribution is -2.38. The van der Waals surface area contributed by atoms with Crippen molar-refractivity contribution < 1.29 is 4.74 Å². The van der Waals surface area contributed by atoms with Crippen LogP contribution in [0.2, 0.25) is 0 Å². The van der Waals surface area contributed by atoms with Gasteiger partial charge in [0.25, 0.3) is 0 Å². The number of aromatic nitrogens is 2. The van der Waals surface area contributed by atoms with Crippen molar-refractivity contribution in [2.24, 2.45) is 0 Å². The fourth-order valence-electron chi connectivity index (χ4n) is 1.40. The molecule has 5 nitrogen and oxygen atoms in total. The molecule has 1 aromatic rings. The van der Waals surface area contributed by atoms with E-state index in [1.807, 2.05) is 20.8 Å². The van der Waals surface area contributed by atoms with Crippen LogP contribution in [0.3, 0.4) is 0 Å². The normalized spacial score (nSPS) is 12.2. The molecular weight excluding hydrogens is 224 g/mol. The zero-order chi connectivity index (χ0) is 12.1. The molecule has 0 radical (unpaired) electrons. The molecule has 1 rings (SSSR count). The molecule has 0 aromatic carbocycles. The van der Waals surface area contributed by atoms with Crippen molar-refractivity contribution in [3.8, 4) is 0 Å². The number of rotatable bonds is 4. The molecule has 0 fully saturated rings. The Labute approximate surface area is 101 Å². The van der Waals surface area contributed by atoms with Crippen molar-refractivity contribution >= 4 is 23.0 Å². The van der Waals surface area contributed by atoms with Gasteiger partial charge >= 0.3 is 0 Å². The zero-order valence-electron chi connectivity index (χ0n) is 10.0. The van der Waals surface area contributed by atoms with E-state index in [2.05, 4.69) is 20.8 Å². The number of aromatic amines is 1. The Morgan fingerprint density at radius 3 is 2.75 bits per heavy atom. The second kappa shape index (κ2) is 5.81. The summed E-state index contributed by atoms with van der Waals surface area (Å²) in [7, 11) is 1.67. The topological polar surface area (TPSA) is 62.0 Å². The first-order chi connectivity index (χ1) is 7.54. The Hall–Kier alpha value is -1.14. The van der Waals surface area contributed by atoms with Gasteiger partial charge in [-0.3, -0.25) is 5.10 Å². The third-order valence-electron chi connectivity index (χ3n) is 2.16. The van der Waals surface area contributed by atoms with Gasteiger partial charge in [-0.05, 0) is 33.0 Å². The van der Waals surface area contributed by atoms with Gasteiger partial charge in [-0.1, -0.05) is 0 Å². The Morgan fingerprint density at radius 2 is 2.25 bits per heavy atom. The van der Waals surface area contributed by atoms with Gasteiger partial charge in [-0.25, -0.2) is 0 Å². The first kappa shape index (κ1) is 12.9. The number of H-pyrrole nitrogens is 1. The third-order valence-corrected chi connectivity index (χ3v) is 2.38. The van der Waals surface area contributed by atoms with Gasteiger partial charge in [-0.2, -0.15) is 5.10 Å². The number of nitrogens with zero attached hydrogens (tertiary/aromatic N) is 1. The Bertz CT molecular complexity index is 344. The summed E-state index contributed by atoms with van der Waals surface area (Å²) in [6, 6.07) is 0.178. The highest BCUT2D eigenvalue weighted by molar-refractivity contribution is 7.80. The summed E-state index contributed by atoms with van der Waals surface area (Å²) in [5, 5.41) is 13.8. The van der Waals surface area contributed by atoms with Crippen LogP contribution in [0.5, 0.6) is 0 Å². The zero-order valence-corrected chi connectivity index (χ0v) is 10.9. The van der Waals surface area contributed by atoms with Gasteiger partial charge < -0.3 is 15.4 Å². The number of nitrogens with one attached hydrogen (secondary N) is 3. The number of thiocarbonyl (C=S) groups is 1. The van der Waals surface area contributed by atoms with Crippen molar-refractivity contribution in [1.82, 2.24) is 15.5 Å². The van der Waals surface area contributed by atoms with Crippen molar-refractivity contribution in [1.29, 1.82) is 0 Å². The molecule has 90 valence electrons. The average Bonchev–Trinajstić information content (AvgIpc) is 2.49. The van der Waals surface area contributed by atoms with Gasteiger partial charge in [0.15, 0.2) is 5.11 Å². The minimum Gasteiger partial charge on any atom is -0.383 e. The summed E-state index contributed by atoms with van der Waals surface area (Å²) in [6.07, 6.45) is 0. The van der Waals surface area contributed by atoms with Crippen molar-refractivity contribution in [2.75, 3.05) is 19.0 Å². The van der Waals surface area contributed by atoms with Crippen LogP contribution in [-0.2, 0) is 4.74 Å². The number of aryl methyl sites for hydroxylation is 2. The van der Waals surface area contributed by atoms with E-state index in [1.165, 1.54) is 0 Å². The number of hydrogen-bond acceptors (Lipinski definition) is 3. The van der Waals surface area contributed by atoms with Gasteiger partial charge in [0.1, 0.15) is 0 Å². The minimum absolute atomic E-state index is 0.178. The molecule has 0 bridgehead atoms. The first-order valence-corrected chi connectivity index (χ1v) is 5.53. The Kier molecular flexibility index (Phi) is 4.70. The van der Waals surface area contributed by atoms with E-state index in [0.29, 0.717) is 11.7 Å². The molecule has 0 saturated heterocycles. The number of ether oxygens (including phenoxy) is 1. The summed E-state index contributed by atoms with van der Waals surface area (Å²) in [6.45, 7) is 6.49. The highest BCUT2D eigenvalue weighted by atomic mass is 32.1. The summed E-state index contributed by atoms with van der Waals surface area (Å²) >= 11 is 5.19. The van der Waals surface area contributed by atoms with E-state index in [0.717, 1.165) is 17.1 Å². The van der Waals surface area contributed by atoms with Crippen molar-refractivity contribution in [3.05, 3.63) is 11.4 Å². The molecule has 6 heteroatoms. The van der Waals surface area contributed by atoms with Crippen LogP contribution in [0, 0.1) is 13.8 Å². The van der Waals surface area contributed by atoms with E-state index in [9.17, 15) is 0 Å². The molecule has 1 aromatic heterocycles. The highest BCUT2D eigenvalue weighted by Crippen LogP contribution is 2.15. The molecule has 0 aliphatic carbocycles. The molecule has 3 N–H and O–H groups in total. The molecule has 1 atom stereocenters. The van der Waals surface area contributed by atoms with Gasteiger partial charge in [-0.15, -0.1) is 0 Å². The lowest BCUT2D eigenvalue weighted by Gasteiger charge is -2.16. The van der Waals surface area contributed by atoms with Crippen LogP contribution >= 0.6 is 12.2 Å². The maximum absolute atomic E-state index is 5.19. The van der Waals surface area contributed by atoms with Gasteiger partial charge in [0.05, 0.1) is 23.7 Å². The van der Waals surface area contributed by atoms with Crippen LogP contribution in [0.15, 0.2) is 0 Å². The molecule has 0 spiro atoms. The molecule has 0 amide bonds. The first-order valence-electron chi connectivity index (χ1n) is 5.12. The van der Waals surface area contributed by atoms with Crippen LogP contribution in [0.1, 0.15) is 18.3 Å². The van der Waals surface area contributed by atoms with Crippen molar-refractivity contribution in [3.63, 3.8) is 0 Å². The van der Waals surface area contributed by atoms with Crippen LogP contribution in [0.25, 0.3) is 0 Å². The summed E-state index contributed by atoms with van der Waals surface area (Å²) < 4.78 is 5.02. The Morgan fingerprint density at radius 1 is 1.56 bits per heavy atom. The van der Waals surface area contributed by atoms with E-state index in [1.54, 1.807) is 7.11 Å². The SMILES string of the molecule is COCC(C)NC(=S)Nc1c(C)n[nH]c1C. The fourth-order valence-corrected chi connectivity index (χ4v) is 1.70. The molecule has 0 aliphatic rings. The average molecular weight is 242 g/mol. The predicted molar refractivity (Wildman–Crippen MR) is 68.8 cm³/mol. The summed E-state index contributed by atoms with van der Waals surface area (Å²) in [5.41, 5.74) is 2.81. The van der Waals surface area contributed by atoms with E-state index >= 15 is 0 Å². The van der Waals surface area contributed by atoms with E-state index < -0.39 is 0 Å². The largest absolute Gasteiger partial charge is 0.383 e. The maximum Gasteiger partial charge on any atom is 0.171 e. The smallest absolute Gasteiger partial charge is 0.171 e. The van der Waals surface area contributed by atoms with Crippen LogP contribution in [-0.4, -0.2) is 35.1 Å². The quantitative estimate of drug-likeness (QED) is 0.696. The van der Waals surface area contributed by atoms with Crippen LogP contribution < -0.4 is 10.6 Å². The second-order valence-electron chi connectivity index (χ2n) is 3.76. The molecular formula is C10H18N4OS. The molecule has 16 heavy (non-hydrogen) atoms. The lowest BCUT2D eigenvalue weighted by molar-refractivity contribution is 0.179. The number of hydrogen-bond donors (Lipinski definition) is 3. The highest BCUT2D eigenvalue weighted by Gasteiger charge is 2.09. The standard InChI is InChI=1S/C10H18N4OS/c1-6(5-15-4)11-10(16)12-9-7(2)13-14-8(9)3/h6H,5H2,1-4H3,(H,13,14)(H2,11,12,16). The molecule has 0 saturated carbocycles. The number of anilines is 1. The predicted octanol–water partition coefficient (Wildman–Crippen LogP) is 1.35. The monoisotopic (exact) mass is 242 g/mol. The lowest BCUT2D eigenvalue weighted by atomic mass is 10.3. The Balaban J connectivity index is 2.52. The third kappa shape index (κ3) is 3.46. The number of methoxy groups -OCH3 is 1. The van der Waals surface area contributed by atoms with E-state index in [-0.39, 0.29) is 6.04 Å².